The number of hydrogen-bond acceptors (Lipinski definition) is 4. The number of aromatic nitrogens is 2. The summed E-state index contributed by atoms with van der Waals surface area (Å²) in [6.07, 6.45) is 6.09. The lowest BCUT2D eigenvalue weighted by Gasteiger charge is -2.32. The van der Waals surface area contributed by atoms with Gasteiger partial charge in [0.2, 0.25) is 0 Å². The summed E-state index contributed by atoms with van der Waals surface area (Å²) in [6, 6.07) is 3.97. The van der Waals surface area contributed by atoms with E-state index in [1.807, 2.05) is 30.2 Å². The van der Waals surface area contributed by atoms with Gasteiger partial charge in [-0.15, -0.1) is 11.3 Å². The summed E-state index contributed by atoms with van der Waals surface area (Å²) in [5.41, 5.74) is 0. The summed E-state index contributed by atoms with van der Waals surface area (Å²) in [5, 5.41) is 0. The third-order valence-corrected chi connectivity index (χ3v) is 5.55. The van der Waals surface area contributed by atoms with E-state index in [1.165, 1.54) is 4.88 Å². The number of likely N-dealkylation sites (N-methyl/N-ethyl adjacent to an activating group) is 1. The van der Waals surface area contributed by atoms with Crippen molar-refractivity contribution in [3.8, 4) is 0 Å². The molecule has 2 aromatic rings. The maximum Gasteiger partial charge on any atom is 0.263 e. The number of likely N-dealkylation sites (tertiary alicyclic amines) is 1. The Labute approximate surface area is 147 Å². The molecule has 1 aliphatic heterocycles. The number of carbonyl (C=O) groups excluding carboxylic acids is 1. The number of thiophene rings is 1. The number of amides is 1. The Morgan fingerprint density at radius 3 is 2.96 bits per heavy atom. The van der Waals surface area contributed by atoms with E-state index >= 15 is 0 Å². The zero-order valence-electron chi connectivity index (χ0n) is 14.7. The van der Waals surface area contributed by atoms with Gasteiger partial charge in [0.25, 0.3) is 5.91 Å². The number of carbonyl (C=O) groups is 1. The molecule has 1 fully saturated rings. The Balaban J connectivity index is 1.70. The number of imidazole rings is 1. The van der Waals surface area contributed by atoms with Crippen LogP contribution in [0.5, 0.6) is 0 Å². The minimum Gasteiger partial charge on any atom is -0.337 e. The van der Waals surface area contributed by atoms with Gasteiger partial charge in [0.05, 0.1) is 4.88 Å². The molecule has 0 saturated carbocycles. The lowest BCUT2D eigenvalue weighted by molar-refractivity contribution is 0.0708. The summed E-state index contributed by atoms with van der Waals surface area (Å²) in [4.78, 5) is 23.5. The van der Waals surface area contributed by atoms with Crippen molar-refractivity contribution in [3.63, 3.8) is 0 Å². The molecule has 130 valence electrons. The molecule has 3 rings (SSSR count). The third-order valence-electron chi connectivity index (χ3n) is 4.56. The average molecular weight is 347 g/mol. The van der Waals surface area contributed by atoms with Crippen LogP contribution in [0.1, 0.15) is 39.1 Å². The van der Waals surface area contributed by atoms with Crippen molar-refractivity contribution in [1.82, 2.24) is 19.4 Å². The van der Waals surface area contributed by atoms with E-state index in [4.69, 9.17) is 0 Å². The number of nitrogens with zero attached hydrogens (tertiary/aromatic N) is 4. The third kappa shape index (κ3) is 3.87. The summed E-state index contributed by atoms with van der Waals surface area (Å²) in [6.45, 7) is 5.60. The summed E-state index contributed by atoms with van der Waals surface area (Å²) in [5.74, 6) is 1.63. The van der Waals surface area contributed by atoms with Crippen LogP contribution < -0.4 is 0 Å². The van der Waals surface area contributed by atoms with Crippen molar-refractivity contribution in [2.45, 2.75) is 32.2 Å². The first-order valence-electron chi connectivity index (χ1n) is 8.56. The minimum atomic E-state index is 0.171. The zero-order chi connectivity index (χ0) is 17.1. The minimum absolute atomic E-state index is 0.171. The molecule has 0 bridgehead atoms. The highest BCUT2D eigenvalue weighted by atomic mass is 32.1. The molecule has 1 atom stereocenters. The molecule has 0 N–H and O–H groups in total. The van der Waals surface area contributed by atoms with E-state index in [0.717, 1.165) is 49.7 Å². The predicted octanol–water partition coefficient (Wildman–Crippen LogP) is 2.83. The molecule has 5 nitrogen and oxygen atoms in total. The Bertz CT molecular complexity index is 691. The van der Waals surface area contributed by atoms with Crippen molar-refractivity contribution in [1.29, 1.82) is 0 Å². The molecule has 2 aromatic heterocycles. The quantitative estimate of drug-likeness (QED) is 0.836. The van der Waals surface area contributed by atoms with Gasteiger partial charge in [-0.3, -0.25) is 4.79 Å². The molecule has 0 unspecified atom stereocenters. The van der Waals surface area contributed by atoms with Gasteiger partial charge < -0.3 is 14.4 Å². The van der Waals surface area contributed by atoms with E-state index in [9.17, 15) is 4.79 Å². The second-order valence-electron chi connectivity index (χ2n) is 6.78. The zero-order valence-corrected chi connectivity index (χ0v) is 15.6. The molecule has 1 amide bonds. The van der Waals surface area contributed by atoms with Gasteiger partial charge in [-0.25, -0.2) is 4.98 Å². The van der Waals surface area contributed by atoms with Crippen molar-refractivity contribution >= 4 is 17.2 Å². The fraction of sp³-hybridized carbons (Fsp3) is 0.556. The smallest absolute Gasteiger partial charge is 0.263 e. The molecular weight excluding hydrogens is 320 g/mol. The lowest BCUT2D eigenvalue weighted by atomic mass is 9.97. The molecule has 0 aliphatic carbocycles. The average Bonchev–Trinajstić information content (AvgIpc) is 3.21. The molecule has 0 spiro atoms. The van der Waals surface area contributed by atoms with Gasteiger partial charge in [-0.1, -0.05) is 0 Å². The predicted molar refractivity (Wildman–Crippen MR) is 97.7 cm³/mol. The van der Waals surface area contributed by atoms with Crippen LogP contribution in [0, 0.1) is 6.92 Å². The van der Waals surface area contributed by atoms with Gasteiger partial charge in [0.1, 0.15) is 5.82 Å². The van der Waals surface area contributed by atoms with Gasteiger partial charge in [-0.2, -0.15) is 0 Å². The van der Waals surface area contributed by atoms with E-state index in [1.54, 1.807) is 11.3 Å². The summed E-state index contributed by atoms with van der Waals surface area (Å²) < 4.78 is 2.24. The first-order valence-corrected chi connectivity index (χ1v) is 9.37. The van der Waals surface area contributed by atoms with Gasteiger partial charge >= 0.3 is 0 Å². The highest BCUT2D eigenvalue weighted by molar-refractivity contribution is 7.13. The summed E-state index contributed by atoms with van der Waals surface area (Å²) >= 11 is 1.59. The Kier molecular flexibility index (Phi) is 5.36. The fourth-order valence-electron chi connectivity index (χ4n) is 3.26. The topological polar surface area (TPSA) is 41.4 Å². The lowest BCUT2D eigenvalue weighted by Crippen LogP contribution is -2.39. The largest absolute Gasteiger partial charge is 0.337 e. The van der Waals surface area contributed by atoms with E-state index in [-0.39, 0.29) is 5.91 Å². The fourth-order valence-corrected chi connectivity index (χ4v) is 4.09. The van der Waals surface area contributed by atoms with Crippen LogP contribution in [0.25, 0.3) is 0 Å². The molecule has 1 saturated heterocycles. The van der Waals surface area contributed by atoms with Crippen molar-refractivity contribution < 1.29 is 4.79 Å². The SMILES string of the molecule is Cc1ccc(C(=O)N2CCC[C@@H](c3nccn3CCN(C)C)C2)s1. The standard InChI is InChI=1S/C18H26N4OS/c1-14-6-7-16(24-14)18(23)22-9-4-5-15(13-22)17-19-8-10-21(17)12-11-20(2)3/h6-8,10,15H,4-5,9,11-13H2,1-3H3/t15-/m1/s1. The van der Waals surface area contributed by atoms with Crippen LogP contribution in [0.3, 0.4) is 0 Å². The normalized spacial score (nSPS) is 18.3. The van der Waals surface area contributed by atoms with Gasteiger partial charge in [0, 0.05) is 49.4 Å². The van der Waals surface area contributed by atoms with Crippen LogP contribution in [0.4, 0.5) is 0 Å². The van der Waals surface area contributed by atoms with E-state index in [0.29, 0.717) is 5.92 Å². The second kappa shape index (κ2) is 7.49. The maximum atomic E-state index is 12.7. The molecule has 6 heteroatoms. The molecule has 0 aromatic carbocycles. The van der Waals surface area contributed by atoms with E-state index in [2.05, 4.69) is 34.7 Å². The molecule has 3 heterocycles. The highest BCUT2D eigenvalue weighted by Crippen LogP contribution is 2.28. The molecule has 1 aliphatic rings. The van der Waals surface area contributed by atoms with Crippen LogP contribution >= 0.6 is 11.3 Å². The van der Waals surface area contributed by atoms with Crippen LogP contribution in [0.2, 0.25) is 0 Å². The second-order valence-corrected chi connectivity index (χ2v) is 8.07. The number of aryl methyl sites for hydroxylation is 1. The van der Waals surface area contributed by atoms with Crippen LogP contribution in [-0.4, -0.2) is 59.0 Å². The van der Waals surface area contributed by atoms with Crippen molar-refractivity contribution in [2.75, 3.05) is 33.7 Å². The van der Waals surface area contributed by atoms with Crippen molar-refractivity contribution in [2.24, 2.45) is 0 Å². The Hall–Kier alpha value is -1.66. The molecule has 0 radical (unpaired) electrons. The maximum absolute atomic E-state index is 12.7. The first-order chi connectivity index (χ1) is 11.5. The van der Waals surface area contributed by atoms with E-state index < -0.39 is 0 Å². The monoisotopic (exact) mass is 346 g/mol. The Morgan fingerprint density at radius 1 is 1.42 bits per heavy atom. The Morgan fingerprint density at radius 2 is 2.25 bits per heavy atom. The molecular formula is C18H26N4OS. The van der Waals surface area contributed by atoms with Crippen LogP contribution in [-0.2, 0) is 6.54 Å². The number of hydrogen-bond donors (Lipinski definition) is 0. The number of rotatable bonds is 5. The van der Waals surface area contributed by atoms with Crippen molar-refractivity contribution in [3.05, 3.63) is 40.1 Å². The first kappa shape index (κ1) is 17.2. The summed E-state index contributed by atoms with van der Waals surface area (Å²) in [7, 11) is 4.17. The van der Waals surface area contributed by atoms with Crippen LogP contribution in [0.15, 0.2) is 24.5 Å². The number of piperidine rings is 1. The van der Waals surface area contributed by atoms with Gasteiger partial charge in [-0.05, 0) is 46.0 Å². The molecule has 24 heavy (non-hydrogen) atoms. The highest BCUT2D eigenvalue weighted by Gasteiger charge is 2.28. The van der Waals surface area contributed by atoms with Gasteiger partial charge in [0.15, 0.2) is 0 Å².